The predicted molar refractivity (Wildman–Crippen MR) is 183 cm³/mol. The maximum Gasteiger partial charge on any atom is 0.328 e. The first-order chi connectivity index (χ1) is 23.2. The summed E-state index contributed by atoms with van der Waals surface area (Å²) in [4.78, 5) is 83.2. The van der Waals surface area contributed by atoms with Crippen molar-refractivity contribution in [3.8, 4) is 0 Å². The molecule has 0 unspecified atom stereocenters. The second kappa shape index (κ2) is 17.8. The minimum Gasteiger partial charge on any atom is -0.466 e. The lowest BCUT2D eigenvalue weighted by molar-refractivity contribution is -0.147. The number of hydrogen-bond donors (Lipinski definition) is 3. The summed E-state index contributed by atoms with van der Waals surface area (Å²) in [7, 11) is 0. The maximum absolute atomic E-state index is 13.1. The number of fused-ring (bicyclic) bond motifs is 1. The van der Waals surface area contributed by atoms with Gasteiger partial charge in [0.2, 0.25) is 11.9 Å². The number of aromatic amines is 1. The standard InChI is InChI=1S/C35H45N5O9/c1-7-47-29(42)17-16-28(32(45)48-8-2)36-30(43)24-11-13-25(14-12-24)40(18-9-19-49-22(3)41)21-23-10-15-27-26(20-23)31(44)38-34(37-27)39-33(46)35(4,5)6/h10-15,20,28H,7-9,16-19,21H2,1-6H3,(H,36,43)(H2,37,38,39,44,46)/t28-/m1/s1. The third kappa shape index (κ3) is 11.7. The van der Waals surface area contributed by atoms with E-state index in [1.165, 1.54) is 6.92 Å². The quantitative estimate of drug-likeness (QED) is 0.113. The summed E-state index contributed by atoms with van der Waals surface area (Å²) in [6, 6.07) is 10.9. The monoisotopic (exact) mass is 679 g/mol. The van der Waals surface area contributed by atoms with Crippen molar-refractivity contribution < 1.29 is 38.2 Å². The first kappa shape index (κ1) is 38.2. The molecule has 1 heterocycles. The fourth-order valence-corrected chi connectivity index (χ4v) is 4.68. The van der Waals surface area contributed by atoms with Crippen LogP contribution in [0.3, 0.4) is 0 Å². The van der Waals surface area contributed by atoms with Crippen molar-refractivity contribution in [2.24, 2.45) is 5.41 Å². The van der Waals surface area contributed by atoms with Crippen LogP contribution in [0.1, 0.15) is 76.7 Å². The molecule has 0 aliphatic heterocycles. The molecule has 3 N–H and O–H groups in total. The van der Waals surface area contributed by atoms with Crippen molar-refractivity contribution in [3.05, 3.63) is 63.9 Å². The van der Waals surface area contributed by atoms with Gasteiger partial charge in [-0.25, -0.2) is 9.78 Å². The van der Waals surface area contributed by atoms with Crippen molar-refractivity contribution >= 4 is 52.3 Å². The summed E-state index contributed by atoms with van der Waals surface area (Å²) < 4.78 is 15.1. The number of nitrogens with one attached hydrogen (secondary N) is 3. The van der Waals surface area contributed by atoms with Gasteiger partial charge in [-0.05, 0) is 68.7 Å². The van der Waals surface area contributed by atoms with Gasteiger partial charge in [0, 0.05) is 43.1 Å². The Labute approximate surface area is 284 Å². The molecule has 3 aromatic rings. The summed E-state index contributed by atoms with van der Waals surface area (Å²) in [5, 5.41) is 5.65. The van der Waals surface area contributed by atoms with Gasteiger partial charge in [0.25, 0.3) is 11.5 Å². The van der Waals surface area contributed by atoms with E-state index in [4.69, 9.17) is 14.2 Å². The Morgan fingerprint density at radius 1 is 0.959 bits per heavy atom. The molecule has 0 saturated heterocycles. The van der Waals surface area contributed by atoms with Crippen molar-refractivity contribution in [2.75, 3.05) is 36.6 Å². The Morgan fingerprint density at radius 3 is 2.29 bits per heavy atom. The Balaban J connectivity index is 1.81. The molecular weight excluding hydrogens is 634 g/mol. The van der Waals surface area contributed by atoms with Crippen LogP contribution in [0.15, 0.2) is 47.3 Å². The molecule has 14 nitrogen and oxygen atoms in total. The Kier molecular flexibility index (Phi) is 13.8. The number of nitrogens with zero attached hydrogens (tertiary/aromatic N) is 2. The maximum atomic E-state index is 13.1. The van der Waals surface area contributed by atoms with Gasteiger partial charge in [0.1, 0.15) is 6.04 Å². The van der Waals surface area contributed by atoms with Crippen LogP contribution in [0, 0.1) is 5.41 Å². The molecule has 0 saturated carbocycles. The van der Waals surface area contributed by atoms with Gasteiger partial charge in [0.05, 0.1) is 30.7 Å². The van der Waals surface area contributed by atoms with E-state index in [9.17, 15) is 28.8 Å². The molecule has 264 valence electrons. The Hall–Kier alpha value is -5.27. The zero-order valence-electron chi connectivity index (χ0n) is 28.8. The van der Waals surface area contributed by atoms with Gasteiger partial charge < -0.3 is 24.4 Å². The minimum absolute atomic E-state index is 0.0224. The molecule has 1 atom stereocenters. The third-order valence-electron chi connectivity index (χ3n) is 7.25. The molecule has 0 bridgehead atoms. The van der Waals surface area contributed by atoms with Crippen molar-refractivity contribution in [1.82, 2.24) is 15.3 Å². The van der Waals surface area contributed by atoms with Gasteiger partial charge in [-0.2, -0.15) is 0 Å². The van der Waals surface area contributed by atoms with Crippen LogP contribution in [-0.4, -0.2) is 72.1 Å². The van der Waals surface area contributed by atoms with Crippen molar-refractivity contribution in [1.29, 1.82) is 0 Å². The lowest BCUT2D eigenvalue weighted by atomic mass is 9.96. The molecule has 2 aromatic carbocycles. The number of amides is 2. The topological polar surface area (TPSA) is 186 Å². The van der Waals surface area contributed by atoms with Crippen LogP contribution in [0.4, 0.5) is 11.6 Å². The van der Waals surface area contributed by atoms with Crippen LogP contribution >= 0.6 is 0 Å². The summed E-state index contributed by atoms with van der Waals surface area (Å²) in [6.07, 6.45) is 0.467. The van der Waals surface area contributed by atoms with Crippen LogP contribution < -0.4 is 21.1 Å². The van der Waals surface area contributed by atoms with Crippen LogP contribution in [0.2, 0.25) is 0 Å². The third-order valence-corrected chi connectivity index (χ3v) is 7.25. The molecule has 0 fully saturated rings. The highest BCUT2D eigenvalue weighted by Gasteiger charge is 2.25. The number of H-pyrrole nitrogens is 1. The summed E-state index contributed by atoms with van der Waals surface area (Å²) in [5.74, 6) is -2.25. The number of benzene rings is 2. The molecule has 2 amide bonds. The molecule has 3 rings (SSSR count). The number of anilines is 2. The van der Waals surface area contributed by atoms with E-state index in [0.29, 0.717) is 30.4 Å². The fourth-order valence-electron chi connectivity index (χ4n) is 4.68. The number of carbonyl (C=O) groups is 5. The number of hydrogen-bond acceptors (Lipinski definition) is 11. The van der Waals surface area contributed by atoms with Gasteiger partial charge in [-0.3, -0.25) is 34.3 Å². The Bertz CT molecular complexity index is 1700. The SMILES string of the molecule is CCOC(=O)CC[C@@H](NC(=O)c1ccc(N(CCCOC(C)=O)Cc2ccc3nc(NC(=O)C(C)(C)C)[nH]c(=O)c3c2)cc1)C(=O)OCC. The second-order valence-corrected chi connectivity index (χ2v) is 12.3. The molecule has 49 heavy (non-hydrogen) atoms. The van der Waals surface area contributed by atoms with Crippen molar-refractivity contribution in [2.45, 2.75) is 73.4 Å². The minimum atomic E-state index is -1.04. The van der Waals surface area contributed by atoms with E-state index in [2.05, 4.69) is 20.6 Å². The molecule has 0 radical (unpaired) electrons. The lowest BCUT2D eigenvalue weighted by Crippen LogP contribution is -2.42. The number of aromatic nitrogens is 2. The van der Waals surface area contributed by atoms with Crippen LogP contribution in [-0.2, 0) is 39.9 Å². The van der Waals surface area contributed by atoms with Gasteiger partial charge >= 0.3 is 17.9 Å². The molecule has 0 spiro atoms. The summed E-state index contributed by atoms with van der Waals surface area (Å²) in [6.45, 7) is 11.3. The van der Waals surface area contributed by atoms with Gasteiger partial charge in [-0.15, -0.1) is 0 Å². The van der Waals surface area contributed by atoms with E-state index in [0.717, 1.165) is 11.3 Å². The highest BCUT2D eigenvalue weighted by Crippen LogP contribution is 2.22. The zero-order chi connectivity index (χ0) is 36.1. The van der Waals surface area contributed by atoms with Crippen LogP contribution in [0.25, 0.3) is 10.9 Å². The highest BCUT2D eigenvalue weighted by atomic mass is 16.5. The Morgan fingerprint density at radius 2 is 1.65 bits per heavy atom. The number of carbonyl (C=O) groups excluding carboxylic acids is 5. The zero-order valence-corrected chi connectivity index (χ0v) is 28.8. The molecule has 0 aliphatic carbocycles. The first-order valence-electron chi connectivity index (χ1n) is 16.2. The summed E-state index contributed by atoms with van der Waals surface area (Å²) >= 11 is 0. The van der Waals surface area contributed by atoms with E-state index < -0.39 is 34.9 Å². The van der Waals surface area contributed by atoms with Crippen molar-refractivity contribution in [3.63, 3.8) is 0 Å². The predicted octanol–water partition coefficient (Wildman–Crippen LogP) is 3.87. The average molecular weight is 680 g/mol. The average Bonchev–Trinajstić information content (AvgIpc) is 3.04. The van der Waals surface area contributed by atoms with E-state index >= 15 is 0 Å². The molecular formula is C35H45N5O9. The lowest BCUT2D eigenvalue weighted by Gasteiger charge is -2.25. The number of ether oxygens (including phenoxy) is 3. The smallest absolute Gasteiger partial charge is 0.328 e. The largest absolute Gasteiger partial charge is 0.466 e. The second-order valence-electron chi connectivity index (χ2n) is 12.3. The van der Waals surface area contributed by atoms with Gasteiger partial charge in [-0.1, -0.05) is 26.8 Å². The highest BCUT2D eigenvalue weighted by molar-refractivity contribution is 5.97. The van der Waals surface area contributed by atoms with E-state index in [-0.39, 0.29) is 56.1 Å². The van der Waals surface area contributed by atoms with E-state index in [1.54, 1.807) is 71.0 Å². The fraction of sp³-hybridized carbons (Fsp3) is 0.457. The van der Waals surface area contributed by atoms with Crippen LogP contribution in [0.5, 0.6) is 0 Å². The molecule has 14 heteroatoms. The molecule has 1 aromatic heterocycles. The number of esters is 3. The summed E-state index contributed by atoms with van der Waals surface area (Å²) in [5.41, 5.74) is 1.16. The molecule has 0 aliphatic rings. The van der Waals surface area contributed by atoms with Gasteiger partial charge in [0.15, 0.2) is 0 Å². The first-order valence-corrected chi connectivity index (χ1v) is 16.2. The van der Waals surface area contributed by atoms with E-state index in [1.807, 2.05) is 11.0 Å². The normalized spacial score (nSPS) is 11.7. The number of rotatable bonds is 16.